The van der Waals surface area contributed by atoms with Crippen LogP contribution < -0.4 is 14.5 Å². The molecule has 0 unspecified atom stereocenters. The van der Waals surface area contributed by atoms with Crippen molar-refractivity contribution in [1.82, 2.24) is 15.1 Å². The van der Waals surface area contributed by atoms with Crippen LogP contribution in [0.3, 0.4) is 0 Å². The molecule has 0 amide bonds. The van der Waals surface area contributed by atoms with Gasteiger partial charge in [0, 0.05) is 38.3 Å². The summed E-state index contributed by atoms with van der Waals surface area (Å²) in [7, 11) is 0. The summed E-state index contributed by atoms with van der Waals surface area (Å²) in [4.78, 5) is 19.5. The topological polar surface area (TPSA) is 71.0 Å². The lowest BCUT2D eigenvalue weighted by atomic mass is 9.88. The van der Waals surface area contributed by atoms with Crippen molar-refractivity contribution in [1.29, 1.82) is 0 Å². The molecule has 1 aromatic heterocycles. The molecule has 0 atom stereocenters. The maximum Gasteiger partial charge on any atom is 0.358 e. The predicted molar refractivity (Wildman–Crippen MR) is 127 cm³/mol. The fourth-order valence-electron chi connectivity index (χ4n) is 5.48. The van der Waals surface area contributed by atoms with Gasteiger partial charge in [0.05, 0.1) is 30.7 Å². The third-order valence-corrected chi connectivity index (χ3v) is 7.19. The summed E-state index contributed by atoms with van der Waals surface area (Å²) in [6, 6.07) is 11.5. The summed E-state index contributed by atoms with van der Waals surface area (Å²) in [5, 5.41) is 7.95. The monoisotopic (exact) mass is 451 g/mol. The van der Waals surface area contributed by atoms with Crippen LogP contribution in [0.1, 0.15) is 43.1 Å². The molecule has 3 aliphatic rings. The molecule has 1 saturated carbocycles. The highest BCUT2D eigenvalue weighted by molar-refractivity contribution is 5.88. The van der Waals surface area contributed by atoms with Gasteiger partial charge in [0.1, 0.15) is 12.4 Å². The number of nitrogens with zero attached hydrogens (tertiary/aromatic N) is 5. The summed E-state index contributed by atoms with van der Waals surface area (Å²) in [6.45, 7) is 7.83. The fourth-order valence-corrected chi connectivity index (χ4v) is 5.48. The standard InChI is InChI=1S/C25H33N5O3/c1-2-32-25(31)22-17-21(18-26-27-22)29-13-11-28(12-14-29)19-7-9-20(10-8-19)30-15-16-33-24-6-4-3-5-23(24)30/h3-6,17-20H,2,7-16H2,1H3/t19-,20+. The zero-order chi connectivity index (χ0) is 22.6. The number of hydrogen-bond acceptors (Lipinski definition) is 8. The number of benzene rings is 1. The maximum atomic E-state index is 12.0. The number of esters is 1. The Morgan fingerprint density at radius 2 is 1.82 bits per heavy atom. The Hall–Kier alpha value is -2.87. The molecule has 0 radical (unpaired) electrons. The number of anilines is 2. The molecule has 176 valence electrons. The van der Waals surface area contributed by atoms with Crippen LogP contribution in [0, 0.1) is 0 Å². The van der Waals surface area contributed by atoms with Crippen molar-refractivity contribution in [3.05, 3.63) is 42.2 Å². The van der Waals surface area contributed by atoms with E-state index in [-0.39, 0.29) is 5.69 Å². The molecule has 8 nitrogen and oxygen atoms in total. The van der Waals surface area contributed by atoms with E-state index in [1.165, 1.54) is 31.4 Å². The van der Waals surface area contributed by atoms with Crippen LogP contribution in [0.15, 0.2) is 36.5 Å². The second kappa shape index (κ2) is 9.95. The van der Waals surface area contributed by atoms with Crippen molar-refractivity contribution < 1.29 is 14.3 Å². The van der Waals surface area contributed by atoms with E-state index in [1.807, 2.05) is 0 Å². The molecule has 0 spiro atoms. The van der Waals surface area contributed by atoms with Crippen LogP contribution in [0.4, 0.5) is 11.4 Å². The number of carbonyl (C=O) groups excluding carboxylic acids is 1. The number of aromatic nitrogens is 2. The van der Waals surface area contributed by atoms with Crippen LogP contribution in [0.5, 0.6) is 5.75 Å². The SMILES string of the molecule is CCOC(=O)c1cc(N2CCN([C@H]3CC[C@@H](N4CCOc5ccccc54)CC3)CC2)cnn1. The van der Waals surface area contributed by atoms with Gasteiger partial charge in [-0.2, -0.15) is 5.10 Å². The summed E-state index contributed by atoms with van der Waals surface area (Å²) < 4.78 is 10.9. The molecule has 2 aromatic rings. The normalized spacial score (nSPS) is 23.5. The van der Waals surface area contributed by atoms with Crippen molar-refractivity contribution in [3.8, 4) is 5.75 Å². The van der Waals surface area contributed by atoms with Gasteiger partial charge < -0.3 is 19.3 Å². The molecule has 2 fully saturated rings. The number of piperazine rings is 1. The minimum Gasteiger partial charge on any atom is -0.490 e. The van der Waals surface area contributed by atoms with Crippen LogP contribution in [0.25, 0.3) is 0 Å². The van der Waals surface area contributed by atoms with Gasteiger partial charge >= 0.3 is 5.97 Å². The third-order valence-electron chi connectivity index (χ3n) is 7.19. The Balaban J connectivity index is 1.14. The first-order chi connectivity index (χ1) is 16.2. The number of rotatable bonds is 5. The van der Waals surface area contributed by atoms with Crippen molar-refractivity contribution in [2.24, 2.45) is 0 Å². The number of ether oxygens (including phenoxy) is 2. The molecule has 1 aromatic carbocycles. The minimum atomic E-state index is -0.412. The number of hydrogen-bond donors (Lipinski definition) is 0. The molecular weight excluding hydrogens is 418 g/mol. The van der Waals surface area contributed by atoms with E-state index in [1.54, 1.807) is 19.2 Å². The van der Waals surface area contributed by atoms with Crippen LogP contribution in [0.2, 0.25) is 0 Å². The molecule has 33 heavy (non-hydrogen) atoms. The molecule has 1 saturated heterocycles. The quantitative estimate of drug-likeness (QED) is 0.643. The maximum absolute atomic E-state index is 12.0. The molecule has 0 bridgehead atoms. The van der Waals surface area contributed by atoms with Crippen molar-refractivity contribution in [2.75, 3.05) is 55.7 Å². The molecular formula is C25H33N5O3. The summed E-state index contributed by atoms with van der Waals surface area (Å²) in [5.41, 5.74) is 2.48. The predicted octanol–water partition coefficient (Wildman–Crippen LogP) is 2.99. The van der Waals surface area contributed by atoms with E-state index in [2.05, 4.69) is 49.2 Å². The Morgan fingerprint density at radius 1 is 1.06 bits per heavy atom. The van der Waals surface area contributed by atoms with Crippen LogP contribution in [-0.4, -0.2) is 79.1 Å². The van der Waals surface area contributed by atoms with Gasteiger partial charge in [-0.15, -0.1) is 5.10 Å². The van der Waals surface area contributed by atoms with Gasteiger partial charge in [0.2, 0.25) is 0 Å². The second-order valence-electron chi connectivity index (χ2n) is 9.01. The smallest absolute Gasteiger partial charge is 0.358 e. The molecule has 3 heterocycles. The Morgan fingerprint density at radius 3 is 2.61 bits per heavy atom. The lowest BCUT2D eigenvalue weighted by Crippen LogP contribution is -2.53. The van der Waals surface area contributed by atoms with E-state index in [0.717, 1.165) is 50.8 Å². The van der Waals surface area contributed by atoms with Crippen molar-refractivity contribution >= 4 is 17.3 Å². The van der Waals surface area contributed by atoms with Crippen LogP contribution >= 0.6 is 0 Å². The van der Waals surface area contributed by atoms with E-state index in [0.29, 0.717) is 18.7 Å². The number of para-hydroxylation sites is 2. The zero-order valence-electron chi connectivity index (χ0n) is 19.4. The van der Waals surface area contributed by atoms with Crippen molar-refractivity contribution in [2.45, 2.75) is 44.7 Å². The van der Waals surface area contributed by atoms with Gasteiger partial charge in [0.25, 0.3) is 0 Å². The zero-order valence-corrected chi connectivity index (χ0v) is 19.4. The highest BCUT2D eigenvalue weighted by atomic mass is 16.5. The first-order valence-electron chi connectivity index (χ1n) is 12.2. The van der Waals surface area contributed by atoms with E-state index >= 15 is 0 Å². The van der Waals surface area contributed by atoms with Gasteiger partial charge in [-0.3, -0.25) is 4.90 Å². The van der Waals surface area contributed by atoms with E-state index in [9.17, 15) is 4.79 Å². The Bertz CT molecular complexity index is 955. The molecule has 1 aliphatic carbocycles. The van der Waals surface area contributed by atoms with Crippen LogP contribution in [-0.2, 0) is 4.74 Å². The molecule has 5 rings (SSSR count). The highest BCUT2D eigenvalue weighted by Gasteiger charge is 2.32. The number of fused-ring (bicyclic) bond motifs is 1. The lowest BCUT2D eigenvalue weighted by molar-refractivity contribution is 0.0518. The highest BCUT2D eigenvalue weighted by Crippen LogP contribution is 2.37. The third kappa shape index (κ3) is 4.76. The lowest BCUT2D eigenvalue weighted by Gasteiger charge is -2.45. The van der Waals surface area contributed by atoms with Gasteiger partial charge in [0.15, 0.2) is 5.69 Å². The van der Waals surface area contributed by atoms with Gasteiger partial charge in [-0.25, -0.2) is 4.79 Å². The second-order valence-corrected chi connectivity index (χ2v) is 9.01. The summed E-state index contributed by atoms with van der Waals surface area (Å²) in [6.07, 6.45) is 6.69. The number of carbonyl (C=O) groups is 1. The Kier molecular flexibility index (Phi) is 6.62. The minimum absolute atomic E-state index is 0.278. The van der Waals surface area contributed by atoms with E-state index < -0.39 is 5.97 Å². The average Bonchev–Trinajstić information content (AvgIpc) is 2.89. The summed E-state index contributed by atoms with van der Waals surface area (Å²) in [5.74, 6) is 0.615. The largest absolute Gasteiger partial charge is 0.490 e. The molecule has 2 aliphatic heterocycles. The average molecular weight is 452 g/mol. The molecule has 8 heteroatoms. The van der Waals surface area contributed by atoms with E-state index in [4.69, 9.17) is 9.47 Å². The first kappa shape index (κ1) is 21.9. The first-order valence-corrected chi connectivity index (χ1v) is 12.2. The van der Waals surface area contributed by atoms with Crippen molar-refractivity contribution in [3.63, 3.8) is 0 Å². The van der Waals surface area contributed by atoms with Gasteiger partial charge in [-0.1, -0.05) is 12.1 Å². The van der Waals surface area contributed by atoms with Gasteiger partial charge in [-0.05, 0) is 50.8 Å². The Labute approximate surface area is 195 Å². The summed E-state index contributed by atoms with van der Waals surface area (Å²) >= 11 is 0. The fraction of sp³-hybridized carbons (Fsp3) is 0.560. The molecule has 0 N–H and O–H groups in total.